The highest BCUT2D eigenvalue weighted by Crippen LogP contribution is 2.31. The van der Waals surface area contributed by atoms with Crippen molar-refractivity contribution in [2.45, 2.75) is 56.8 Å². The van der Waals surface area contributed by atoms with Gasteiger partial charge >= 0.3 is 6.18 Å². The van der Waals surface area contributed by atoms with E-state index in [1.165, 1.54) is 0 Å². The molecule has 1 aliphatic heterocycles. The minimum Gasteiger partial charge on any atom is -0.383 e. The van der Waals surface area contributed by atoms with Crippen molar-refractivity contribution < 1.29 is 23.1 Å². The van der Waals surface area contributed by atoms with Crippen LogP contribution in [-0.2, 0) is 4.79 Å². The fourth-order valence-corrected chi connectivity index (χ4v) is 3.24. The van der Waals surface area contributed by atoms with Gasteiger partial charge < -0.3 is 10.4 Å². The Morgan fingerprint density at radius 1 is 1.19 bits per heavy atom. The van der Waals surface area contributed by atoms with E-state index < -0.39 is 18.2 Å². The van der Waals surface area contributed by atoms with Crippen LogP contribution in [0.3, 0.4) is 0 Å². The lowest BCUT2D eigenvalue weighted by Gasteiger charge is -2.34. The largest absolute Gasteiger partial charge is 0.414 e. The second-order valence-corrected chi connectivity index (χ2v) is 6.15. The van der Waals surface area contributed by atoms with Crippen molar-refractivity contribution in [2.75, 3.05) is 19.6 Å². The average molecular weight is 308 g/mol. The number of carbonyl (C=O) groups is 1. The molecule has 1 amide bonds. The lowest BCUT2D eigenvalue weighted by Crippen LogP contribution is -2.47. The standard InChI is InChI=1S/C14H23F3N2O2/c15-14(16,17)13(21)10-5-7-19(8-6-10)9-12(20)18-11-3-1-2-4-11/h10-11,13,21H,1-9H2,(H,18,20). The first-order chi connectivity index (χ1) is 9.86. The van der Waals surface area contributed by atoms with E-state index in [-0.39, 0.29) is 31.3 Å². The summed E-state index contributed by atoms with van der Waals surface area (Å²) in [5.41, 5.74) is 0. The fraction of sp³-hybridized carbons (Fsp3) is 0.929. The van der Waals surface area contributed by atoms with Crippen LogP contribution in [0.4, 0.5) is 13.2 Å². The zero-order valence-electron chi connectivity index (χ0n) is 12.0. The second-order valence-electron chi connectivity index (χ2n) is 6.15. The number of hydrogen-bond donors (Lipinski definition) is 2. The lowest BCUT2D eigenvalue weighted by molar-refractivity contribution is -0.223. The van der Waals surface area contributed by atoms with Crippen molar-refractivity contribution in [3.63, 3.8) is 0 Å². The van der Waals surface area contributed by atoms with E-state index in [2.05, 4.69) is 5.32 Å². The van der Waals surface area contributed by atoms with E-state index in [0.29, 0.717) is 13.1 Å². The normalized spacial score (nSPS) is 24.2. The molecule has 4 nitrogen and oxygen atoms in total. The Morgan fingerprint density at radius 2 is 1.76 bits per heavy atom. The third-order valence-corrected chi connectivity index (χ3v) is 4.50. The Kier molecular flexibility index (Phi) is 5.48. The highest BCUT2D eigenvalue weighted by Gasteiger charge is 2.44. The van der Waals surface area contributed by atoms with Gasteiger partial charge in [-0.1, -0.05) is 12.8 Å². The number of amides is 1. The van der Waals surface area contributed by atoms with Crippen LogP contribution in [-0.4, -0.2) is 53.9 Å². The molecule has 7 heteroatoms. The van der Waals surface area contributed by atoms with Crippen LogP contribution in [0, 0.1) is 5.92 Å². The van der Waals surface area contributed by atoms with Crippen molar-refractivity contribution in [3.05, 3.63) is 0 Å². The highest BCUT2D eigenvalue weighted by molar-refractivity contribution is 5.78. The SMILES string of the molecule is O=C(CN1CCC(C(O)C(F)(F)F)CC1)NC1CCCC1. The smallest absolute Gasteiger partial charge is 0.383 e. The molecule has 122 valence electrons. The Bertz CT molecular complexity index is 349. The van der Waals surface area contributed by atoms with E-state index in [4.69, 9.17) is 0 Å². The number of piperidine rings is 1. The van der Waals surface area contributed by atoms with Gasteiger partial charge in [0, 0.05) is 6.04 Å². The number of aliphatic hydroxyl groups is 1. The van der Waals surface area contributed by atoms with Gasteiger partial charge in [0.2, 0.25) is 5.91 Å². The van der Waals surface area contributed by atoms with Crippen molar-refractivity contribution in [2.24, 2.45) is 5.92 Å². The quantitative estimate of drug-likeness (QED) is 0.831. The number of aliphatic hydroxyl groups excluding tert-OH is 1. The maximum absolute atomic E-state index is 12.4. The van der Waals surface area contributed by atoms with Gasteiger partial charge in [0.05, 0.1) is 6.54 Å². The average Bonchev–Trinajstić information content (AvgIpc) is 2.90. The van der Waals surface area contributed by atoms with Crippen LogP contribution in [0.1, 0.15) is 38.5 Å². The molecule has 1 atom stereocenters. The summed E-state index contributed by atoms with van der Waals surface area (Å²) in [6.07, 6.45) is -1.91. The van der Waals surface area contributed by atoms with Crippen LogP contribution >= 0.6 is 0 Å². The Labute approximate surface area is 122 Å². The fourth-order valence-electron chi connectivity index (χ4n) is 3.24. The topological polar surface area (TPSA) is 52.6 Å². The Hall–Kier alpha value is -0.820. The Morgan fingerprint density at radius 3 is 2.29 bits per heavy atom. The second kappa shape index (κ2) is 6.96. The van der Waals surface area contributed by atoms with Gasteiger partial charge in [0.1, 0.15) is 0 Å². The summed E-state index contributed by atoms with van der Waals surface area (Å²) in [5.74, 6) is -0.795. The predicted molar refractivity (Wildman–Crippen MR) is 71.6 cm³/mol. The Balaban J connectivity index is 1.70. The van der Waals surface area contributed by atoms with Gasteiger partial charge in [-0.05, 0) is 44.7 Å². The number of likely N-dealkylation sites (tertiary alicyclic amines) is 1. The molecule has 1 unspecified atom stereocenters. The summed E-state index contributed by atoms with van der Waals surface area (Å²) < 4.78 is 37.3. The zero-order valence-corrected chi connectivity index (χ0v) is 12.0. The van der Waals surface area contributed by atoms with Crippen molar-refractivity contribution in [1.82, 2.24) is 10.2 Å². The molecule has 0 aromatic heterocycles. The number of alkyl halides is 3. The number of halogens is 3. The lowest BCUT2D eigenvalue weighted by atomic mass is 9.91. The third kappa shape index (κ3) is 4.85. The van der Waals surface area contributed by atoms with Gasteiger partial charge in [-0.3, -0.25) is 9.69 Å². The number of carbonyl (C=O) groups excluding carboxylic acids is 1. The molecule has 2 N–H and O–H groups in total. The van der Waals surface area contributed by atoms with Crippen LogP contribution in [0.15, 0.2) is 0 Å². The van der Waals surface area contributed by atoms with Crippen LogP contribution in [0.25, 0.3) is 0 Å². The summed E-state index contributed by atoms with van der Waals surface area (Å²) in [6.45, 7) is 1.09. The number of nitrogens with one attached hydrogen (secondary N) is 1. The number of nitrogens with zero attached hydrogens (tertiary/aromatic N) is 1. The minimum absolute atomic E-state index is 0.0447. The molecular formula is C14H23F3N2O2. The number of rotatable bonds is 4. The van der Waals surface area contributed by atoms with E-state index in [9.17, 15) is 23.1 Å². The predicted octanol–water partition coefficient (Wildman–Crippen LogP) is 1.68. The monoisotopic (exact) mass is 308 g/mol. The molecule has 1 saturated heterocycles. The molecule has 2 rings (SSSR count). The molecule has 0 bridgehead atoms. The molecule has 1 saturated carbocycles. The van der Waals surface area contributed by atoms with Gasteiger partial charge in [-0.25, -0.2) is 0 Å². The van der Waals surface area contributed by atoms with Crippen molar-refractivity contribution in [1.29, 1.82) is 0 Å². The molecule has 21 heavy (non-hydrogen) atoms. The van der Waals surface area contributed by atoms with Crippen LogP contribution in [0.5, 0.6) is 0 Å². The molecular weight excluding hydrogens is 285 g/mol. The van der Waals surface area contributed by atoms with Gasteiger partial charge in [-0.2, -0.15) is 13.2 Å². The van der Waals surface area contributed by atoms with Crippen molar-refractivity contribution in [3.8, 4) is 0 Å². The number of hydrogen-bond acceptors (Lipinski definition) is 3. The molecule has 1 heterocycles. The molecule has 2 fully saturated rings. The van der Waals surface area contributed by atoms with E-state index in [1.807, 2.05) is 4.90 Å². The van der Waals surface area contributed by atoms with Gasteiger partial charge in [-0.15, -0.1) is 0 Å². The van der Waals surface area contributed by atoms with Crippen LogP contribution in [0.2, 0.25) is 0 Å². The summed E-state index contributed by atoms with van der Waals surface area (Å²) in [7, 11) is 0. The van der Waals surface area contributed by atoms with Crippen molar-refractivity contribution >= 4 is 5.91 Å². The maximum atomic E-state index is 12.4. The first-order valence-electron chi connectivity index (χ1n) is 7.63. The van der Waals surface area contributed by atoms with E-state index in [1.54, 1.807) is 0 Å². The molecule has 0 radical (unpaired) electrons. The van der Waals surface area contributed by atoms with Crippen LogP contribution < -0.4 is 5.32 Å². The van der Waals surface area contributed by atoms with E-state index in [0.717, 1.165) is 25.7 Å². The minimum atomic E-state index is -4.55. The summed E-state index contributed by atoms with van der Waals surface area (Å²) in [5, 5.41) is 12.2. The maximum Gasteiger partial charge on any atom is 0.414 e. The molecule has 1 aliphatic carbocycles. The highest BCUT2D eigenvalue weighted by atomic mass is 19.4. The molecule has 0 aromatic carbocycles. The molecule has 2 aliphatic rings. The van der Waals surface area contributed by atoms with Gasteiger partial charge in [0.25, 0.3) is 0 Å². The first kappa shape index (κ1) is 16.5. The molecule has 0 aromatic rings. The van der Waals surface area contributed by atoms with Gasteiger partial charge in [0.15, 0.2) is 6.10 Å². The van der Waals surface area contributed by atoms with E-state index >= 15 is 0 Å². The summed E-state index contributed by atoms with van der Waals surface area (Å²) in [4.78, 5) is 13.7. The summed E-state index contributed by atoms with van der Waals surface area (Å²) in [6, 6.07) is 0.266. The zero-order chi connectivity index (χ0) is 15.5. The summed E-state index contributed by atoms with van der Waals surface area (Å²) >= 11 is 0. The molecule has 0 spiro atoms. The first-order valence-corrected chi connectivity index (χ1v) is 7.63. The third-order valence-electron chi connectivity index (χ3n) is 4.50.